The van der Waals surface area contributed by atoms with Crippen molar-refractivity contribution in [1.82, 2.24) is 9.55 Å². The van der Waals surface area contributed by atoms with Gasteiger partial charge in [-0.05, 0) is 5.56 Å². The van der Waals surface area contributed by atoms with Crippen LogP contribution in [0.4, 0.5) is 0 Å². The lowest BCUT2D eigenvalue weighted by atomic mass is 10.1. The van der Waals surface area contributed by atoms with E-state index in [9.17, 15) is 19.2 Å². The lowest BCUT2D eigenvalue weighted by Gasteiger charge is -2.24. The first kappa shape index (κ1) is 23.4. The predicted molar refractivity (Wildman–Crippen MR) is 113 cm³/mol. The number of carbonyl (C=O) groups excluding carboxylic acids is 3. The summed E-state index contributed by atoms with van der Waals surface area (Å²) in [6.07, 6.45) is -2.96. The Morgan fingerprint density at radius 3 is 2.25 bits per heavy atom. The van der Waals surface area contributed by atoms with Crippen molar-refractivity contribution in [3.05, 3.63) is 51.7 Å². The van der Waals surface area contributed by atoms with Crippen LogP contribution in [0.3, 0.4) is 0 Å². The van der Waals surface area contributed by atoms with Gasteiger partial charge < -0.3 is 18.9 Å². The Bertz CT molecular complexity index is 1130. The van der Waals surface area contributed by atoms with E-state index in [0.717, 1.165) is 5.56 Å². The van der Waals surface area contributed by atoms with E-state index in [-0.39, 0.29) is 11.2 Å². The van der Waals surface area contributed by atoms with Crippen molar-refractivity contribution < 1.29 is 33.3 Å². The van der Waals surface area contributed by atoms with Gasteiger partial charge in [0.15, 0.2) is 18.4 Å². The Hall–Kier alpha value is -3.31. The van der Waals surface area contributed by atoms with E-state index in [0.29, 0.717) is 5.56 Å². The highest BCUT2D eigenvalue weighted by atomic mass is 32.1. The smallest absolute Gasteiger partial charge is 0.328 e. The average molecular weight is 462 g/mol. The van der Waals surface area contributed by atoms with Gasteiger partial charge in [0.2, 0.25) is 0 Å². The number of aromatic nitrogens is 2. The molecular weight excluding hydrogens is 440 g/mol. The molecule has 0 aliphatic carbocycles. The van der Waals surface area contributed by atoms with E-state index in [1.54, 1.807) is 0 Å². The molecule has 11 heteroatoms. The highest BCUT2D eigenvalue weighted by Gasteiger charge is 2.51. The Kier molecular flexibility index (Phi) is 7.21. The van der Waals surface area contributed by atoms with E-state index < -0.39 is 48.1 Å². The molecule has 1 fully saturated rings. The molecule has 1 aliphatic rings. The van der Waals surface area contributed by atoms with Crippen LogP contribution in [0.5, 0.6) is 0 Å². The van der Waals surface area contributed by atoms with Crippen LogP contribution in [0.1, 0.15) is 27.0 Å². The molecule has 4 atom stereocenters. The zero-order valence-electron chi connectivity index (χ0n) is 17.6. The summed E-state index contributed by atoms with van der Waals surface area (Å²) in [5, 5.41) is 0. The number of esters is 3. The van der Waals surface area contributed by atoms with Gasteiger partial charge in [0.1, 0.15) is 17.4 Å². The second-order valence-corrected chi connectivity index (χ2v) is 7.50. The van der Waals surface area contributed by atoms with E-state index >= 15 is 0 Å². The molecule has 3 rings (SSSR count). The van der Waals surface area contributed by atoms with Gasteiger partial charge in [-0.25, -0.2) is 4.79 Å². The number of rotatable bonds is 6. The summed E-state index contributed by atoms with van der Waals surface area (Å²) < 4.78 is 23.0. The van der Waals surface area contributed by atoms with Crippen LogP contribution in [-0.2, 0) is 33.3 Å². The quantitative estimate of drug-likeness (QED) is 0.389. The minimum atomic E-state index is -1.18. The number of aromatic amines is 1. The van der Waals surface area contributed by atoms with Crippen LogP contribution in [0, 0.1) is 4.64 Å². The van der Waals surface area contributed by atoms with Gasteiger partial charge in [-0.15, -0.1) is 0 Å². The lowest BCUT2D eigenvalue weighted by molar-refractivity contribution is -0.166. The number of ether oxygens (including phenoxy) is 4. The van der Waals surface area contributed by atoms with Crippen LogP contribution in [0.15, 0.2) is 41.3 Å². The Balaban J connectivity index is 2.08. The molecule has 1 aromatic heterocycles. The molecule has 0 amide bonds. The third-order valence-corrected chi connectivity index (χ3v) is 4.99. The molecule has 1 aromatic carbocycles. The molecule has 2 heterocycles. The van der Waals surface area contributed by atoms with Crippen molar-refractivity contribution in [2.75, 3.05) is 6.61 Å². The molecule has 0 spiro atoms. The standard InChI is InChI=1S/C21H22N2O8S/c1-11(24)28-10-16-17(29-12(2)25)18(30-13(3)26)20(31-16)23-9-15(19(32)22-21(23)27)14-7-5-4-6-8-14/h4-9,16-18,20H,10H2,1-3H3,(H,22,27,32)/t16-,17-,18-,20-/m1/s1. The highest BCUT2D eigenvalue weighted by Crippen LogP contribution is 2.34. The summed E-state index contributed by atoms with van der Waals surface area (Å²) in [6.45, 7) is 3.30. The zero-order valence-corrected chi connectivity index (χ0v) is 18.4. The Morgan fingerprint density at radius 2 is 1.66 bits per heavy atom. The van der Waals surface area contributed by atoms with Crippen LogP contribution in [-0.4, -0.2) is 52.4 Å². The maximum Gasteiger partial charge on any atom is 0.328 e. The Morgan fingerprint density at radius 1 is 1.03 bits per heavy atom. The van der Waals surface area contributed by atoms with Crippen molar-refractivity contribution in [2.24, 2.45) is 0 Å². The highest BCUT2D eigenvalue weighted by molar-refractivity contribution is 7.71. The summed E-state index contributed by atoms with van der Waals surface area (Å²) >= 11 is 5.31. The van der Waals surface area contributed by atoms with Crippen molar-refractivity contribution in [1.29, 1.82) is 0 Å². The third-order valence-electron chi connectivity index (χ3n) is 4.67. The number of hydrogen-bond donors (Lipinski definition) is 1. The zero-order chi connectivity index (χ0) is 23.4. The molecule has 1 saturated heterocycles. The maximum atomic E-state index is 12.8. The van der Waals surface area contributed by atoms with E-state index in [1.807, 2.05) is 30.3 Å². The van der Waals surface area contributed by atoms with Crippen LogP contribution < -0.4 is 5.69 Å². The maximum absolute atomic E-state index is 12.8. The molecule has 0 unspecified atom stereocenters. The second-order valence-electron chi connectivity index (χ2n) is 7.09. The van der Waals surface area contributed by atoms with Crippen molar-refractivity contribution in [2.45, 2.75) is 45.3 Å². The van der Waals surface area contributed by atoms with Gasteiger partial charge in [-0.3, -0.25) is 23.9 Å². The van der Waals surface area contributed by atoms with Crippen LogP contribution in [0.2, 0.25) is 0 Å². The summed E-state index contributed by atoms with van der Waals surface area (Å²) in [4.78, 5) is 50.1. The molecular formula is C21H22N2O8S. The third kappa shape index (κ3) is 5.29. The lowest BCUT2D eigenvalue weighted by Crippen LogP contribution is -2.41. The summed E-state index contributed by atoms with van der Waals surface area (Å²) in [5.41, 5.74) is 0.668. The van der Waals surface area contributed by atoms with E-state index in [2.05, 4.69) is 4.98 Å². The van der Waals surface area contributed by atoms with Gasteiger partial charge in [0.25, 0.3) is 0 Å². The normalized spacial score (nSPS) is 22.2. The molecule has 0 radical (unpaired) electrons. The van der Waals surface area contributed by atoms with E-state index in [1.165, 1.54) is 31.5 Å². The number of hydrogen-bond acceptors (Lipinski definition) is 9. The fourth-order valence-corrected chi connectivity index (χ4v) is 3.67. The Labute approximate surface area is 188 Å². The number of H-pyrrole nitrogens is 1. The number of carbonyl (C=O) groups is 3. The minimum Gasteiger partial charge on any atom is -0.463 e. The topological polar surface area (TPSA) is 126 Å². The molecule has 1 N–H and O–H groups in total. The predicted octanol–water partition coefficient (Wildman–Crippen LogP) is 1.90. The van der Waals surface area contributed by atoms with Gasteiger partial charge in [0, 0.05) is 32.5 Å². The second kappa shape index (κ2) is 9.88. The number of nitrogens with one attached hydrogen (secondary N) is 1. The van der Waals surface area contributed by atoms with Crippen molar-refractivity contribution in [3.63, 3.8) is 0 Å². The molecule has 10 nitrogen and oxygen atoms in total. The van der Waals surface area contributed by atoms with Crippen molar-refractivity contribution >= 4 is 30.1 Å². The SMILES string of the molecule is CC(=O)OC[C@H]1O[C@@H](n2cc(-c3ccccc3)c(=S)[nH]c2=O)[C@H](OC(C)=O)[C@@H]1OC(C)=O. The molecule has 0 saturated carbocycles. The molecule has 0 bridgehead atoms. The van der Waals surface area contributed by atoms with Crippen LogP contribution >= 0.6 is 12.2 Å². The molecule has 2 aromatic rings. The fourth-order valence-electron chi connectivity index (χ4n) is 3.41. The first-order chi connectivity index (χ1) is 15.2. The van der Waals surface area contributed by atoms with Crippen LogP contribution in [0.25, 0.3) is 11.1 Å². The summed E-state index contributed by atoms with van der Waals surface area (Å²) in [6, 6.07) is 9.11. The number of benzene rings is 1. The molecule has 170 valence electrons. The van der Waals surface area contributed by atoms with Crippen molar-refractivity contribution in [3.8, 4) is 11.1 Å². The van der Waals surface area contributed by atoms with Gasteiger partial charge in [0.05, 0.1) is 0 Å². The van der Waals surface area contributed by atoms with Gasteiger partial charge in [-0.2, -0.15) is 0 Å². The summed E-state index contributed by atoms with van der Waals surface area (Å²) in [7, 11) is 0. The average Bonchev–Trinajstić information content (AvgIpc) is 3.03. The van der Waals surface area contributed by atoms with Gasteiger partial charge >= 0.3 is 23.6 Å². The minimum absolute atomic E-state index is 0.215. The largest absolute Gasteiger partial charge is 0.463 e. The monoisotopic (exact) mass is 462 g/mol. The first-order valence-corrected chi connectivity index (χ1v) is 10.1. The van der Waals surface area contributed by atoms with E-state index in [4.69, 9.17) is 31.2 Å². The fraction of sp³-hybridized carbons (Fsp3) is 0.381. The van der Waals surface area contributed by atoms with Gasteiger partial charge in [-0.1, -0.05) is 42.5 Å². The summed E-state index contributed by atoms with van der Waals surface area (Å²) in [5.74, 6) is -1.90. The number of nitrogens with zero attached hydrogens (tertiary/aromatic N) is 1. The first-order valence-electron chi connectivity index (χ1n) is 9.71. The molecule has 32 heavy (non-hydrogen) atoms. The molecule has 1 aliphatic heterocycles.